The largest absolute Gasteiger partial charge is 0.449 e. The van der Waals surface area contributed by atoms with E-state index < -0.39 is 18.0 Å². The number of esters is 1. The standard InChI is InChI=1S/C18H19N3O5/c1-12(17(24)20(2)10-4-9-19)26-18(25)13-5-3-6-14(11-13)21-15(22)7-8-16(21)23/h3,5-6,11-12H,4,7-8,10H2,1-2H3/t12-/m1/s1. The Hall–Kier alpha value is -3.21. The van der Waals surface area contributed by atoms with E-state index >= 15 is 0 Å². The van der Waals surface area contributed by atoms with Crippen LogP contribution in [0.15, 0.2) is 24.3 Å². The first kappa shape index (κ1) is 19.1. The number of carbonyl (C=O) groups is 4. The van der Waals surface area contributed by atoms with Crippen LogP contribution in [0.25, 0.3) is 0 Å². The van der Waals surface area contributed by atoms with Gasteiger partial charge in [0.15, 0.2) is 6.10 Å². The average Bonchev–Trinajstić information content (AvgIpc) is 2.97. The van der Waals surface area contributed by atoms with Crippen LogP contribution in [0.4, 0.5) is 5.69 Å². The first-order valence-electron chi connectivity index (χ1n) is 8.14. The van der Waals surface area contributed by atoms with E-state index in [4.69, 9.17) is 10.00 Å². The fraction of sp³-hybridized carbons (Fsp3) is 0.389. The van der Waals surface area contributed by atoms with Crippen LogP contribution >= 0.6 is 0 Å². The Balaban J connectivity index is 2.07. The van der Waals surface area contributed by atoms with Gasteiger partial charge in [-0.2, -0.15) is 5.26 Å². The van der Waals surface area contributed by atoms with E-state index in [9.17, 15) is 19.2 Å². The van der Waals surface area contributed by atoms with E-state index in [1.165, 1.54) is 37.1 Å². The first-order chi connectivity index (χ1) is 12.3. The highest BCUT2D eigenvalue weighted by Gasteiger charge is 2.31. The van der Waals surface area contributed by atoms with Crippen LogP contribution < -0.4 is 4.90 Å². The van der Waals surface area contributed by atoms with Crippen LogP contribution in [0.3, 0.4) is 0 Å². The summed E-state index contributed by atoms with van der Waals surface area (Å²) in [5, 5.41) is 8.56. The number of anilines is 1. The van der Waals surface area contributed by atoms with Gasteiger partial charge < -0.3 is 9.64 Å². The van der Waals surface area contributed by atoms with Gasteiger partial charge in [-0.3, -0.25) is 19.3 Å². The van der Waals surface area contributed by atoms with Crippen LogP contribution in [-0.2, 0) is 19.1 Å². The molecule has 1 aliphatic heterocycles. The maximum absolute atomic E-state index is 12.3. The number of amides is 3. The van der Waals surface area contributed by atoms with Gasteiger partial charge in [-0.05, 0) is 25.1 Å². The van der Waals surface area contributed by atoms with Gasteiger partial charge in [0.2, 0.25) is 11.8 Å². The number of benzene rings is 1. The lowest BCUT2D eigenvalue weighted by molar-refractivity contribution is -0.138. The monoisotopic (exact) mass is 357 g/mol. The molecule has 8 heteroatoms. The third-order valence-electron chi connectivity index (χ3n) is 3.96. The molecule has 0 unspecified atom stereocenters. The van der Waals surface area contributed by atoms with E-state index in [0.29, 0.717) is 5.69 Å². The molecule has 0 radical (unpaired) electrons. The third kappa shape index (κ3) is 4.25. The van der Waals surface area contributed by atoms with Crippen molar-refractivity contribution in [2.24, 2.45) is 0 Å². The van der Waals surface area contributed by atoms with Gasteiger partial charge in [0.25, 0.3) is 5.91 Å². The first-order valence-corrected chi connectivity index (χ1v) is 8.14. The zero-order valence-electron chi connectivity index (χ0n) is 14.6. The fourth-order valence-electron chi connectivity index (χ4n) is 2.55. The van der Waals surface area contributed by atoms with Crippen molar-refractivity contribution in [1.29, 1.82) is 5.26 Å². The SMILES string of the molecule is C[C@@H](OC(=O)c1cccc(N2C(=O)CCC2=O)c1)C(=O)N(C)CCC#N. The van der Waals surface area contributed by atoms with Gasteiger partial charge in [-0.25, -0.2) is 4.79 Å². The van der Waals surface area contributed by atoms with Crippen molar-refractivity contribution < 1.29 is 23.9 Å². The smallest absolute Gasteiger partial charge is 0.338 e. The zero-order chi connectivity index (χ0) is 19.3. The molecule has 1 saturated heterocycles. The number of carbonyl (C=O) groups excluding carboxylic acids is 4. The van der Waals surface area contributed by atoms with Crippen molar-refractivity contribution in [1.82, 2.24) is 4.90 Å². The van der Waals surface area contributed by atoms with E-state index in [-0.39, 0.29) is 43.2 Å². The molecule has 0 N–H and O–H groups in total. The van der Waals surface area contributed by atoms with Crippen LogP contribution in [0.1, 0.15) is 36.5 Å². The Morgan fingerprint density at radius 3 is 2.58 bits per heavy atom. The number of nitriles is 1. The number of hydrogen-bond acceptors (Lipinski definition) is 6. The van der Waals surface area contributed by atoms with Crippen LogP contribution in [0.5, 0.6) is 0 Å². The number of ether oxygens (including phenoxy) is 1. The van der Waals surface area contributed by atoms with E-state index in [1.54, 1.807) is 6.07 Å². The Bertz CT molecular complexity index is 767. The lowest BCUT2D eigenvalue weighted by Crippen LogP contribution is -2.38. The molecule has 3 amide bonds. The molecule has 1 aromatic carbocycles. The Kier molecular flexibility index (Phi) is 6.07. The summed E-state index contributed by atoms with van der Waals surface area (Å²) in [4.78, 5) is 50.4. The van der Waals surface area contributed by atoms with Gasteiger partial charge in [0.1, 0.15) is 0 Å². The van der Waals surface area contributed by atoms with Gasteiger partial charge in [-0.15, -0.1) is 0 Å². The summed E-state index contributed by atoms with van der Waals surface area (Å²) in [6.45, 7) is 1.69. The minimum Gasteiger partial charge on any atom is -0.449 e. The van der Waals surface area contributed by atoms with Gasteiger partial charge in [-0.1, -0.05) is 6.07 Å². The summed E-state index contributed by atoms with van der Waals surface area (Å²) in [5.41, 5.74) is 0.436. The maximum atomic E-state index is 12.3. The zero-order valence-corrected chi connectivity index (χ0v) is 14.6. The molecule has 0 aliphatic carbocycles. The number of rotatable bonds is 6. The van der Waals surface area contributed by atoms with E-state index in [0.717, 1.165) is 4.90 Å². The molecule has 26 heavy (non-hydrogen) atoms. The van der Waals surface area contributed by atoms with Gasteiger partial charge >= 0.3 is 5.97 Å². The second-order valence-electron chi connectivity index (χ2n) is 5.89. The Morgan fingerprint density at radius 2 is 1.96 bits per heavy atom. The molecule has 136 valence electrons. The Labute approximate surface area is 150 Å². The van der Waals surface area contributed by atoms with E-state index in [2.05, 4.69) is 0 Å². The van der Waals surface area contributed by atoms with Gasteiger partial charge in [0.05, 0.1) is 23.7 Å². The molecule has 1 fully saturated rings. The van der Waals surface area contributed by atoms with Crippen molar-refractivity contribution in [2.45, 2.75) is 32.3 Å². The molecular weight excluding hydrogens is 338 g/mol. The van der Waals surface area contributed by atoms with Crippen molar-refractivity contribution in [3.63, 3.8) is 0 Å². The van der Waals surface area contributed by atoms with Crippen molar-refractivity contribution in [3.05, 3.63) is 29.8 Å². The molecule has 1 atom stereocenters. The van der Waals surface area contributed by atoms with Crippen molar-refractivity contribution in [2.75, 3.05) is 18.5 Å². The van der Waals surface area contributed by atoms with Gasteiger partial charge in [0, 0.05) is 26.4 Å². The van der Waals surface area contributed by atoms with E-state index in [1.807, 2.05) is 6.07 Å². The molecule has 0 saturated carbocycles. The fourth-order valence-corrected chi connectivity index (χ4v) is 2.55. The summed E-state index contributed by atoms with van der Waals surface area (Å²) in [7, 11) is 1.52. The number of likely N-dealkylation sites (N-methyl/N-ethyl adjacent to an activating group) is 1. The molecule has 1 heterocycles. The van der Waals surface area contributed by atoms with Crippen LogP contribution in [0.2, 0.25) is 0 Å². The lowest BCUT2D eigenvalue weighted by Gasteiger charge is -2.20. The normalized spacial score (nSPS) is 14.7. The predicted octanol–water partition coefficient (Wildman–Crippen LogP) is 1.26. The summed E-state index contributed by atoms with van der Waals surface area (Å²) in [6, 6.07) is 7.90. The highest BCUT2D eigenvalue weighted by Crippen LogP contribution is 2.23. The highest BCUT2D eigenvalue weighted by atomic mass is 16.5. The minimum atomic E-state index is -1.02. The lowest BCUT2D eigenvalue weighted by atomic mass is 10.2. The molecule has 1 aliphatic rings. The van der Waals surface area contributed by atoms with Crippen molar-refractivity contribution in [3.8, 4) is 6.07 Å². The number of nitrogens with zero attached hydrogens (tertiary/aromatic N) is 3. The van der Waals surface area contributed by atoms with Crippen LogP contribution in [0, 0.1) is 11.3 Å². The minimum absolute atomic E-state index is 0.134. The second kappa shape index (κ2) is 8.25. The number of hydrogen-bond donors (Lipinski definition) is 0. The van der Waals surface area contributed by atoms with Crippen LogP contribution in [-0.4, -0.2) is 48.3 Å². The number of imide groups is 1. The predicted molar refractivity (Wildman–Crippen MR) is 90.9 cm³/mol. The molecule has 0 aromatic heterocycles. The topological polar surface area (TPSA) is 108 Å². The average molecular weight is 357 g/mol. The summed E-state index contributed by atoms with van der Waals surface area (Å²) >= 11 is 0. The highest BCUT2D eigenvalue weighted by molar-refractivity contribution is 6.20. The summed E-state index contributed by atoms with van der Waals surface area (Å²) in [5.74, 6) is -1.79. The molecule has 0 spiro atoms. The molecule has 1 aromatic rings. The summed E-state index contributed by atoms with van der Waals surface area (Å²) in [6.07, 6.45) is -0.546. The molecule has 8 nitrogen and oxygen atoms in total. The Morgan fingerprint density at radius 1 is 1.31 bits per heavy atom. The molecular formula is C18H19N3O5. The summed E-state index contributed by atoms with van der Waals surface area (Å²) < 4.78 is 5.17. The quantitative estimate of drug-likeness (QED) is 0.560. The molecule has 2 rings (SSSR count). The maximum Gasteiger partial charge on any atom is 0.338 e. The van der Waals surface area contributed by atoms with Crippen molar-refractivity contribution >= 4 is 29.4 Å². The third-order valence-corrected chi connectivity index (χ3v) is 3.96. The molecule has 0 bridgehead atoms. The second-order valence-corrected chi connectivity index (χ2v) is 5.89.